The summed E-state index contributed by atoms with van der Waals surface area (Å²) in [6, 6.07) is 9.51. The van der Waals surface area contributed by atoms with Crippen LogP contribution in [-0.4, -0.2) is 45.3 Å². The highest BCUT2D eigenvalue weighted by molar-refractivity contribution is 7.99. The Morgan fingerprint density at radius 1 is 1.35 bits per heavy atom. The Morgan fingerprint density at radius 3 is 2.83 bits per heavy atom. The van der Waals surface area contributed by atoms with E-state index in [2.05, 4.69) is 9.97 Å². The fraction of sp³-hybridized carbons (Fsp3) is 0.312. The van der Waals surface area contributed by atoms with Gasteiger partial charge in [-0.1, -0.05) is 30.0 Å². The van der Waals surface area contributed by atoms with Crippen molar-refractivity contribution in [1.82, 2.24) is 9.97 Å². The zero-order chi connectivity index (χ0) is 16.2. The van der Waals surface area contributed by atoms with Gasteiger partial charge in [-0.2, -0.15) is 0 Å². The van der Waals surface area contributed by atoms with Crippen LogP contribution in [0.15, 0.2) is 46.5 Å². The van der Waals surface area contributed by atoms with Crippen molar-refractivity contribution in [3.05, 3.63) is 42.1 Å². The van der Waals surface area contributed by atoms with Crippen LogP contribution in [0.25, 0.3) is 0 Å². The Kier molecular flexibility index (Phi) is 4.78. The third-order valence-corrected chi connectivity index (χ3v) is 4.79. The first-order valence-electron chi connectivity index (χ1n) is 7.40. The second kappa shape index (κ2) is 6.97. The highest BCUT2D eigenvalue weighted by atomic mass is 32.2. The average molecular weight is 331 g/mol. The van der Waals surface area contributed by atoms with Crippen LogP contribution in [0.4, 0.5) is 5.95 Å². The largest absolute Gasteiger partial charge is 0.478 e. The molecule has 7 heteroatoms. The second-order valence-corrected chi connectivity index (χ2v) is 6.34. The van der Waals surface area contributed by atoms with Gasteiger partial charge in [0.15, 0.2) is 0 Å². The first-order chi connectivity index (χ1) is 11.2. The molecule has 0 amide bonds. The lowest BCUT2D eigenvalue weighted by Crippen LogP contribution is -2.33. The summed E-state index contributed by atoms with van der Waals surface area (Å²) in [5, 5.41) is 19.2. The highest BCUT2D eigenvalue weighted by Crippen LogP contribution is 2.31. The van der Waals surface area contributed by atoms with Crippen LogP contribution in [0, 0.1) is 0 Å². The summed E-state index contributed by atoms with van der Waals surface area (Å²) < 4.78 is 0. The van der Waals surface area contributed by atoms with E-state index in [9.17, 15) is 15.0 Å². The Bertz CT molecular complexity index is 696. The number of anilines is 1. The lowest BCUT2D eigenvalue weighted by molar-refractivity contribution is 0.0691. The zero-order valence-electron chi connectivity index (χ0n) is 12.4. The molecule has 1 aliphatic heterocycles. The number of carboxylic acids is 1. The molecular weight excluding hydrogens is 314 g/mol. The molecule has 2 heterocycles. The number of aliphatic hydroxyl groups is 1. The molecule has 0 aliphatic carbocycles. The molecule has 1 unspecified atom stereocenters. The molecule has 2 N–H and O–H groups in total. The molecule has 0 saturated carbocycles. The van der Waals surface area contributed by atoms with Crippen molar-refractivity contribution in [3.8, 4) is 0 Å². The van der Waals surface area contributed by atoms with Crippen molar-refractivity contribution < 1.29 is 15.0 Å². The molecule has 1 saturated heterocycles. The van der Waals surface area contributed by atoms with E-state index < -0.39 is 5.97 Å². The second-order valence-electron chi connectivity index (χ2n) is 5.28. The van der Waals surface area contributed by atoms with Gasteiger partial charge in [-0.3, -0.25) is 0 Å². The maximum Gasteiger partial charge on any atom is 0.340 e. The van der Waals surface area contributed by atoms with Crippen molar-refractivity contribution in [1.29, 1.82) is 0 Å². The molecule has 0 radical (unpaired) electrons. The number of aromatic carboxylic acids is 1. The Morgan fingerprint density at radius 2 is 2.13 bits per heavy atom. The SMILES string of the molecule is O=C(O)c1cnc(N2CCCC2CO)nc1Sc1ccccc1. The Labute approximate surface area is 138 Å². The van der Waals surface area contributed by atoms with Gasteiger partial charge >= 0.3 is 5.97 Å². The summed E-state index contributed by atoms with van der Waals surface area (Å²) in [4.78, 5) is 22.9. The number of carboxylic acid groups (broad SMARTS) is 1. The van der Waals surface area contributed by atoms with E-state index in [4.69, 9.17) is 0 Å². The number of rotatable bonds is 5. The number of aliphatic hydroxyl groups excluding tert-OH is 1. The highest BCUT2D eigenvalue weighted by Gasteiger charge is 2.27. The summed E-state index contributed by atoms with van der Waals surface area (Å²) in [7, 11) is 0. The molecule has 1 aliphatic rings. The van der Waals surface area contributed by atoms with Crippen LogP contribution in [0.1, 0.15) is 23.2 Å². The minimum atomic E-state index is -1.05. The molecular formula is C16H17N3O3S. The number of aromatic nitrogens is 2. The van der Waals surface area contributed by atoms with E-state index in [1.54, 1.807) is 0 Å². The van der Waals surface area contributed by atoms with Gasteiger partial charge in [-0.25, -0.2) is 14.8 Å². The summed E-state index contributed by atoms with van der Waals surface area (Å²) in [6.45, 7) is 0.818. The van der Waals surface area contributed by atoms with Crippen LogP contribution >= 0.6 is 11.8 Å². The number of hydrogen-bond donors (Lipinski definition) is 2. The molecule has 120 valence electrons. The molecule has 3 rings (SSSR count). The maximum absolute atomic E-state index is 11.4. The van der Waals surface area contributed by atoms with Gasteiger partial charge in [0.1, 0.15) is 10.6 Å². The standard InChI is InChI=1S/C16H17N3O3S/c20-10-11-5-4-8-19(11)16-17-9-13(15(21)22)14(18-16)23-12-6-2-1-3-7-12/h1-3,6-7,9,11,20H,4-5,8,10H2,(H,21,22). The van der Waals surface area contributed by atoms with Gasteiger partial charge in [0.25, 0.3) is 0 Å². The lowest BCUT2D eigenvalue weighted by Gasteiger charge is -2.23. The Hall–Kier alpha value is -2.12. The summed E-state index contributed by atoms with van der Waals surface area (Å²) in [5.41, 5.74) is 0.0855. The molecule has 1 fully saturated rings. The normalized spacial score (nSPS) is 17.4. The van der Waals surface area contributed by atoms with Gasteiger partial charge in [-0.05, 0) is 25.0 Å². The van der Waals surface area contributed by atoms with Gasteiger partial charge in [0.2, 0.25) is 5.95 Å². The number of hydrogen-bond acceptors (Lipinski definition) is 6. The number of nitrogens with zero attached hydrogens (tertiary/aromatic N) is 3. The molecule has 0 bridgehead atoms. The first-order valence-corrected chi connectivity index (χ1v) is 8.21. The van der Waals surface area contributed by atoms with Gasteiger partial charge in [-0.15, -0.1) is 0 Å². The number of carbonyl (C=O) groups is 1. The van der Waals surface area contributed by atoms with Crippen molar-refractivity contribution in [2.45, 2.75) is 28.8 Å². The lowest BCUT2D eigenvalue weighted by atomic mass is 10.2. The van der Waals surface area contributed by atoms with Crippen LogP contribution < -0.4 is 4.90 Å². The van der Waals surface area contributed by atoms with E-state index in [1.165, 1.54) is 18.0 Å². The average Bonchev–Trinajstić information content (AvgIpc) is 3.04. The predicted molar refractivity (Wildman–Crippen MR) is 87.0 cm³/mol. The first kappa shape index (κ1) is 15.8. The molecule has 23 heavy (non-hydrogen) atoms. The van der Waals surface area contributed by atoms with Crippen LogP contribution in [0.5, 0.6) is 0 Å². The van der Waals surface area contributed by atoms with Crippen molar-refractivity contribution in [2.75, 3.05) is 18.1 Å². The molecule has 1 atom stereocenters. The van der Waals surface area contributed by atoms with Gasteiger partial charge < -0.3 is 15.1 Å². The Balaban J connectivity index is 1.95. The molecule has 2 aromatic rings. The minimum absolute atomic E-state index is 0.000235. The minimum Gasteiger partial charge on any atom is -0.478 e. The summed E-state index contributed by atoms with van der Waals surface area (Å²) in [6.07, 6.45) is 3.21. The smallest absolute Gasteiger partial charge is 0.340 e. The quantitative estimate of drug-likeness (QED) is 0.813. The van der Waals surface area contributed by atoms with Crippen molar-refractivity contribution in [2.24, 2.45) is 0 Å². The van der Waals surface area contributed by atoms with E-state index in [1.807, 2.05) is 35.2 Å². The van der Waals surface area contributed by atoms with E-state index in [0.717, 1.165) is 24.3 Å². The monoisotopic (exact) mass is 331 g/mol. The number of benzene rings is 1. The fourth-order valence-electron chi connectivity index (χ4n) is 2.61. The van der Waals surface area contributed by atoms with Crippen molar-refractivity contribution >= 4 is 23.7 Å². The van der Waals surface area contributed by atoms with E-state index in [0.29, 0.717) is 11.0 Å². The zero-order valence-corrected chi connectivity index (χ0v) is 13.2. The topological polar surface area (TPSA) is 86.5 Å². The predicted octanol–water partition coefficient (Wildman–Crippen LogP) is 2.29. The van der Waals surface area contributed by atoms with Crippen LogP contribution in [0.2, 0.25) is 0 Å². The van der Waals surface area contributed by atoms with Gasteiger partial charge in [0.05, 0.1) is 12.6 Å². The summed E-state index contributed by atoms with van der Waals surface area (Å²) in [5.74, 6) is -0.569. The molecule has 1 aromatic heterocycles. The van der Waals surface area contributed by atoms with Crippen LogP contribution in [0.3, 0.4) is 0 Å². The third kappa shape index (κ3) is 3.46. The fourth-order valence-corrected chi connectivity index (χ4v) is 3.50. The summed E-state index contributed by atoms with van der Waals surface area (Å²) >= 11 is 1.30. The third-order valence-electron chi connectivity index (χ3n) is 3.77. The van der Waals surface area contributed by atoms with Crippen LogP contribution in [-0.2, 0) is 0 Å². The molecule has 1 aromatic carbocycles. The van der Waals surface area contributed by atoms with E-state index >= 15 is 0 Å². The van der Waals surface area contributed by atoms with E-state index in [-0.39, 0.29) is 18.2 Å². The maximum atomic E-state index is 11.4. The van der Waals surface area contributed by atoms with Gasteiger partial charge in [0, 0.05) is 17.6 Å². The molecule has 0 spiro atoms. The van der Waals surface area contributed by atoms with Crippen molar-refractivity contribution in [3.63, 3.8) is 0 Å². The molecule has 6 nitrogen and oxygen atoms in total.